The largest absolute Gasteiger partial charge is 0.486 e. The summed E-state index contributed by atoms with van der Waals surface area (Å²) in [5, 5.41) is 11.0. The Labute approximate surface area is 117 Å². The number of nitrogens with zero attached hydrogens (tertiary/aromatic N) is 1. The molecule has 0 radical (unpaired) electrons. The highest BCUT2D eigenvalue weighted by atomic mass is 35.5. The van der Waals surface area contributed by atoms with Gasteiger partial charge >= 0.3 is 0 Å². The summed E-state index contributed by atoms with van der Waals surface area (Å²) in [6.45, 7) is 0.276. The Bertz CT molecular complexity index is 585. The SMILES string of the molecule is O=[N+]([O-])c1ccc(Cl)c(OCc2ccc(Cl)s2)c1. The molecule has 0 saturated heterocycles. The Morgan fingerprint density at radius 3 is 2.67 bits per heavy atom. The Kier molecular flexibility index (Phi) is 4.06. The quantitative estimate of drug-likeness (QED) is 0.615. The van der Waals surface area contributed by atoms with Crippen LogP contribution in [0, 0.1) is 10.1 Å². The highest BCUT2D eigenvalue weighted by molar-refractivity contribution is 7.16. The first-order valence-electron chi connectivity index (χ1n) is 4.87. The van der Waals surface area contributed by atoms with Gasteiger partial charge in [-0.05, 0) is 18.2 Å². The van der Waals surface area contributed by atoms with Gasteiger partial charge in [-0.15, -0.1) is 11.3 Å². The van der Waals surface area contributed by atoms with E-state index in [4.69, 9.17) is 27.9 Å². The number of rotatable bonds is 4. The minimum atomic E-state index is -0.495. The van der Waals surface area contributed by atoms with Crippen LogP contribution < -0.4 is 4.74 Å². The van der Waals surface area contributed by atoms with E-state index in [9.17, 15) is 10.1 Å². The predicted molar refractivity (Wildman–Crippen MR) is 71.8 cm³/mol. The molecule has 1 aromatic heterocycles. The molecule has 4 nitrogen and oxygen atoms in total. The predicted octanol–water partition coefficient (Wildman–Crippen LogP) is 4.54. The molecule has 18 heavy (non-hydrogen) atoms. The molecule has 0 aliphatic carbocycles. The van der Waals surface area contributed by atoms with Gasteiger partial charge in [-0.1, -0.05) is 23.2 Å². The molecule has 0 atom stereocenters. The highest BCUT2D eigenvalue weighted by Gasteiger charge is 2.11. The number of nitro groups is 1. The maximum atomic E-state index is 10.6. The number of non-ortho nitro benzene ring substituents is 1. The zero-order valence-corrected chi connectivity index (χ0v) is 11.3. The summed E-state index contributed by atoms with van der Waals surface area (Å²) in [5.41, 5.74) is -0.0568. The van der Waals surface area contributed by atoms with E-state index >= 15 is 0 Å². The molecule has 0 aliphatic rings. The van der Waals surface area contributed by atoms with Gasteiger partial charge in [-0.3, -0.25) is 10.1 Å². The zero-order valence-electron chi connectivity index (χ0n) is 8.93. The maximum absolute atomic E-state index is 10.6. The molecular weight excluding hydrogens is 297 g/mol. The molecule has 0 amide bonds. The van der Waals surface area contributed by atoms with Crippen LogP contribution in [0.1, 0.15) is 4.88 Å². The van der Waals surface area contributed by atoms with E-state index < -0.39 is 4.92 Å². The summed E-state index contributed by atoms with van der Waals surface area (Å²) >= 11 is 13.1. The first-order chi connectivity index (χ1) is 8.56. The molecule has 94 valence electrons. The second kappa shape index (κ2) is 5.56. The number of thiophene rings is 1. The Morgan fingerprint density at radius 1 is 1.28 bits per heavy atom. The van der Waals surface area contributed by atoms with Crippen LogP contribution in [0.5, 0.6) is 5.75 Å². The van der Waals surface area contributed by atoms with Crippen LogP contribution >= 0.6 is 34.5 Å². The summed E-state index contributed by atoms with van der Waals surface area (Å²) in [4.78, 5) is 11.1. The molecule has 1 aromatic carbocycles. The van der Waals surface area contributed by atoms with Gasteiger partial charge in [0.1, 0.15) is 12.4 Å². The molecule has 0 spiro atoms. The van der Waals surface area contributed by atoms with Crippen molar-refractivity contribution in [2.75, 3.05) is 0 Å². The molecule has 7 heteroatoms. The molecular formula is C11H7Cl2NO3S. The van der Waals surface area contributed by atoms with Crippen molar-refractivity contribution >= 4 is 40.2 Å². The summed E-state index contributed by atoms with van der Waals surface area (Å²) in [6.07, 6.45) is 0. The molecule has 0 saturated carbocycles. The summed E-state index contributed by atoms with van der Waals surface area (Å²) in [7, 11) is 0. The maximum Gasteiger partial charge on any atom is 0.273 e. The highest BCUT2D eigenvalue weighted by Crippen LogP contribution is 2.30. The number of ether oxygens (including phenoxy) is 1. The number of hydrogen-bond acceptors (Lipinski definition) is 4. The van der Waals surface area contributed by atoms with Crippen molar-refractivity contribution in [2.45, 2.75) is 6.61 Å². The van der Waals surface area contributed by atoms with Crippen LogP contribution in [0.15, 0.2) is 30.3 Å². The lowest BCUT2D eigenvalue weighted by molar-refractivity contribution is -0.384. The van der Waals surface area contributed by atoms with Crippen molar-refractivity contribution in [3.05, 3.63) is 54.7 Å². The summed E-state index contributed by atoms with van der Waals surface area (Å²) < 4.78 is 6.11. The van der Waals surface area contributed by atoms with E-state index in [1.54, 1.807) is 6.07 Å². The van der Waals surface area contributed by atoms with Crippen LogP contribution in [0.3, 0.4) is 0 Å². The fraction of sp³-hybridized carbons (Fsp3) is 0.0909. The standard InChI is InChI=1S/C11H7Cl2NO3S/c12-9-3-1-7(14(15)16)5-10(9)17-6-8-2-4-11(13)18-8/h1-5H,6H2. The second-order valence-corrected chi connectivity index (χ2v) is 5.57. The fourth-order valence-corrected chi connectivity index (χ4v) is 2.47. The third kappa shape index (κ3) is 3.13. The third-order valence-corrected chi connectivity index (χ3v) is 3.64. The molecule has 0 N–H and O–H groups in total. The molecule has 2 rings (SSSR count). The summed E-state index contributed by atoms with van der Waals surface area (Å²) in [6, 6.07) is 7.67. The van der Waals surface area contributed by atoms with Crippen LogP contribution in [-0.2, 0) is 6.61 Å². The average molecular weight is 304 g/mol. The van der Waals surface area contributed by atoms with Crippen molar-refractivity contribution in [3.8, 4) is 5.75 Å². The Balaban J connectivity index is 2.13. The summed E-state index contributed by atoms with van der Waals surface area (Å²) in [5.74, 6) is 0.287. The second-order valence-electron chi connectivity index (χ2n) is 3.37. The topological polar surface area (TPSA) is 52.4 Å². The first kappa shape index (κ1) is 13.1. The normalized spacial score (nSPS) is 10.3. The van der Waals surface area contributed by atoms with Crippen molar-refractivity contribution in [1.29, 1.82) is 0 Å². The van der Waals surface area contributed by atoms with Gasteiger partial charge in [-0.25, -0.2) is 0 Å². The van der Waals surface area contributed by atoms with E-state index in [1.807, 2.05) is 6.07 Å². The molecule has 2 aromatic rings. The van der Waals surface area contributed by atoms with E-state index in [0.29, 0.717) is 9.36 Å². The van der Waals surface area contributed by atoms with Crippen molar-refractivity contribution in [1.82, 2.24) is 0 Å². The Morgan fingerprint density at radius 2 is 2.06 bits per heavy atom. The van der Waals surface area contributed by atoms with Gasteiger partial charge in [0.15, 0.2) is 0 Å². The first-order valence-corrected chi connectivity index (χ1v) is 6.44. The molecule has 0 fully saturated rings. The minimum Gasteiger partial charge on any atom is -0.486 e. The lowest BCUT2D eigenvalue weighted by Crippen LogP contribution is -1.95. The lowest BCUT2D eigenvalue weighted by Gasteiger charge is -2.06. The fourth-order valence-electron chi connectivity index (χ4n) is 1.29. The van der Waals surface area contributed by atoms with Crippen LogP contribution in [0.4, 0.5) is 5.69 Å². The van der Waals surface area contributed by atoms with E-state index in [1.165, 1.54) is 29.5 Å². The van der Waals surface area contributed by atoms with Crippen molar-refractivity contribution in [2.24, 2.45) is 0 Å². The molecule has 1 heterocycles. The number of halogens is 2. The number of benzene rings is 1. The minimum absolute atomic E-state index is 0.0568. The number of nitro benzene ring substituents is 1. The van der Waals surface area contributed by atoms with Crippen molar-refractivity contribution < 1.29 is 9.66 Å². The van der Waals surface area contributed by atoms with Crippen LogP contribution in [-0.4, -0.2) is 4.92 Å². The lowest BCUT2D eigenvalue weighted by atomic mass is 10.3. The van der Waals surface area contributed by atoms with E-state index in [-0.39, 0.29) is 18.0 Å². The molecule has 0 bridgehead atoms. The van der Waals surface area contributed by atoms with Gasteiger partial charge < -0.3 is 4.74 Å². The third-order valence-electron chi connectivity index (χ3n) is 2.12. The molecule has 0 aliphatic heterocycles. The van der Waals surface area contributed by atoms with Gasteiger partial charge in [0, 0.05) is 10.9 Å². The van der Waals surface area contributed by atoms with Crippen LogP contribution in [0.25, 0.3) is 0 Å². The van der Waals surface area contributed by atoms with E-state index in [0.717, 1.165) is 4.88 Å². The van der Waals surface area contributed by atoms with Crippen LogP contribution in [0.2, 0.25) is 9.36 Å². The van der Waals surface area contributed by atoms with Gasteiger partial charge in [0.25, 0.3) is 5.69 Å². The smallest absolute Gasteiger partial charge is 0.273 e. The average Bonchev–Trinajstić information content (AvgIpc) is 2.74. The van der Waals surface area contributed by atoms with Gasteiger partial charge in [-0.2, -0.15) is 0 Å². The van der Waals surface area contributed by atoms with E-state index in [2.05, 4.69) is 0 Å². The Hall–Kier alpha value is -1.30. The zero-order chi connectivity index (χ0) is 13.1. The monoisotopic (exact) mass is 303 g/mol. The van der Waals surface area contributed by atoms with Crippen molar-refractivity contribution in [3.63, 3.8) is 0 Å². The van der Waals surface area contributed by atoms with Gasteiger partial charge in [0.05, 0.1) is 20.3 Å². The number of hydrogen-bond donors (Lipinski definition) is 0. The molecule has 0 unspecified atom stereocenters. The van der Waals surface area contributed by atoms with Gasteiger partial charge in [0.2, 0.25) is 0 Å².